The van der Waals surface area contributed by atoms with Gasteiger partial charge in [0, 0.05) is 6.20 Å². The zero-order chi connectivity index (χ0) is 6.97. The third-order valence-electron chi connectivity index (χ3n) is 1.28. The standard InChI is InChI=1S/C5H6N4O/c10-9-5-4(7-8-9)2-1-3-6-5/h1-3,7-8,10H. The van der Waals surface area contributed by atoms with E-state index in [1.165, 1.54) is 0 Å². The van der Waals surface area contributed by atoms with E-state index >= 15 is 0 Å². The van der Waals surface area contributed by atoms with Crippen molar-refractivity contribution in [3.8, 4) is 0 Å². The monoisotopic (exact) mass is 138 g/mol. The molecule has 0 aromatic carbocycles. The lowest BCUT2D eigenvalue weighted by atomic mass is 10.4. The number of rotatable bonds is 0. The minimum Gasteiger partial charge on any atom is -0.298 e. The van der Waals surface area contributed by atoms with Crippen molar-refractivity contribution >= 4 is 11.5 Å². The van der Waals surface area contributed by atoms with Crippen LogP contribution in [0.25, 0.3) is 0 Å². The number of nitrogens with one attached hydrogen (secondary N) is 2. The van der Waals surface area contributed by atoms with Gasteiger partial charge >= 0.3 is 0 Å². The molecule has 1 aliphatic heterocycles. The van der Waals surface area contributed by atoms with E-state index in [4.69, 9.17) is 5.21 Å². The van der Waals surface area contributed by atoms with E-state index in [1.807, 2.05) is 6.07 Å². The Morgan fingerprint density at radius 2 is 2.50 bits per heavy atom. The maximum Gasteiger partial charge on any atom is 0.197 e. The lowest BCUT2D eigenvalue weighted by molar-refractivity contribution is 0.227. The largest absolute Gasteiger partial charge is 0.298 e. The van der Waals surface area contributed by atoms with E-state index in [0.29, 0.717) is 5.82 Å². The number of hydrogen-bond donors (Lipinski definition) is 3. The lowest BCUT2D eigenvalue weighted by Gasteiger charge is -2.04. The first kappa shape index (κ1) is 5.45. The van der Waals surface area contributed by atoms with Crippen molar-refractivity contribution in [3.63, 3.8) is 0 Å². The first-order valence-electron chi connectivity index (χ1n) is 2.83. The highest BCUT2D eigenvalue weighted by Gasteiger charge is 2.15. The van der Waals surface area contributed by atoms with Gasteiger partial charge in [0.1, 0.15) is 0 Å². The molecule has 5 nitrogen and oxygen atoms in total. The number of hydrazine groups is 2. The van der Waals surface area contributed by atoms with Gasteiger partial charge in [0.15, 0.2) is 5.82 Å². The van der Waals surface area contributed by atoms with Gasteiger partial charge in [-0.3, -0.25) is 10.6 Å². The third-order valence-corrected chi connectivity index (χ3v) is 1.28. The van der Waals surface area contributed by atoms with Crippen LogP contribution in [-0.4, -0.2) is 10.2 Å². The minimum absolute atomic E-state index is 0.488. The van der Waals surface area contributed by atoms with Crippen LogP contribution in [0.1, 0.15) is 0 Å². The number of aromatic nitrogens is 1. The quantitative estimate of drug-likeness (QED) is 0.475. The van der Waals surface area contributed by atoms with Crippen molar-refractivity contribution < 1.29 is 5.21 Å². The van der Waals surface area contributed by atoms with E-state index < -0.39 is 0 Å². The number of hydrogen-bond acceptors (Lipinski definition) is 5. The number of anilines is 2. The molecule has 5 heteroatoms. The van der Waals surface area contributed by atoms with Gasteiger partial charge in [0.25, 0.3) is 0 Å². The number of pyridine rings is 1. The van der Waals surface area contributed by atoms with Crippen molar-refractivity contribution in [3.05, 3.63) is 18.3 Å². The molecule has 0 spiro atoms. The Hall–Kier alpha value is -1.33. The first-order chi connectivity index (χ1) is 4.88. The topological polar surface area (TPSA) is 60.4 Å². The molecule has 0 aliphatic carbocycles. The molecule has 0 unspecified atom stereocenters. The fourth-order valence-corrected chi connectivity index (χ4v) is 0.829. The first-order valence-corrected chi connectivity index (χ1v) is 2.83. The van der Waals surface area contributed by atoms with Crippen molar-refractivity contribution in [1.82, 2.24) is 10.5 Å². The second kappa shape index (κ2) is 1.83. The lowest BCUT2D eigenvalue weighted by Crippen LogP contribution is -2.32. The Kier molecular flexibility index (Phi) is 0.996. The summed E-state index contributed by atoms with van der Waals surface area (Å²) in [6.45, 7) is 0. The van der Waals surface area contributed by atoms with Crippen LogP contribution in [0.2, 0.25) is 0 Å². The average Bonchev–Trinajstić information content (AvgIpc) is 2.34. The molecule has 0 bridgehead atoms. The van der Waals surface area contributed by atoms with Gasteiger partial charge in [-0.2, -0.15) is 0 Å². The van der Waals surface area contributed by atoms with E-state index in [9.17, 15) is 0 Å². The Labute approximate surface area is 57.2 Å². The van der Waals surface area contributed by atoms with Crippen LogP contribution in [0.4, 0.5) is 11.5 Å². The second-order valence-corrected chi connectivity index (χ2v) is 1.92. The summed E-state index contributed by atoms with van der Waals surface area (Å²) in [6, 6.07) is 3.60. The second-order valence-electron chi connectivity index (χ2n) is 1.92. The maximum absolute atomic E-state index is 8.98. The van der Waals surface area contributed by atoms with Gasteiger partial charge in [-0.1, -0.05) is 0 Å². The highest BCUT2D eigenvalue weighted by atomic mass is 16.6. The highest BCUT2D eigenvalue weighted by Crippen LogP contribution is 2.22. The van der Waals surface area contributed by atoms with E-state index in [0.717, 1.165) is 10.9 Å². The van der Waals surface area contributed by atoms with Gasteiger partial charge in [-0.25, -0.2) is 4.98 Å². The molecular weight excluding hydrogens is 132 g/mol. The molecule has 2 heterocycles. The molecular formula is C5H6N4O. The summed E-state index contributed by atoms with van der Waals surface area (Å²) in [6.07, 6.45) is 1.61. The summed E-state index contributed by atoms with van der Waals surface area (Å²) in [4.78, 5) is 3.89. The van der Waals surface area contributed by atoms with Crippen LogP contribution in [0.5, 0.6) is 0 Å². The van der Waals surface area contributed by atoms with Crippen molar-refractivity contribution in [2.45, 2.75) is 0 Å². The molecule has 0 saturated heterocycles. The molecule has 1 aliphatic rings. The summed E-state index contributed by atoms with van der Waals surface area (Å²) < 4.78 is 0. The molecule has 0 radical (unpaired) electrons. The maximum atomic E-state index is 8.98. The van der Waals surface area contributed by atoms with E-state index in [-0.39, 0.29) is 0 Å². The summed E-state index contributed by atoms with van der Waals surface area (Å²) in [5.41, 5.74) is 5.94. The fraction of sp³-hybridized carbons (Fsp3) is 0. The Morgan fingerprint density at radius 3 is 3.30 bits per heavy atom. The third kappa shape index (κ3) is 0.615. The average molecular weight is 138 g/mol. The minimum atomic E-state index is 0.488. The van der Waals surface area contributed by atoms with Gasteiger partial charge in [0.2, 0.25) is 0 Å². The highest BCUT2D eigenvalue weighted by molar-refractivity contribution is 5.66. The normalized spacial score (nSPS) is 14.7. The summed E-state index contributed by atoms with van der Waals surface area (Å²) in [7, 11) is 0. The summed E-state index contributed by atoms with van der Waals surface area (Å²) in [5.74, 6) is 0.488. The van der Waals surface area contributed by atoms with Gasteiger partial charge < -0.3 is 0 Å². The number of nitrogens with zero attached hydrogens (tertiary/aromatic N) is 2. The summed E-state index contributed by atoms with van der Waals surface area (Å²) in [5, 5.41) is 9.81. The van der Waals surface area contributed by atoms with E-state index in [2.05, 4.69) is 15.9 Å². The van der Waals surface area contributed by atoms with Gasteiger partial charge in [-0.05, 0) is 12.1 Å². The molecule has 0 fully saturated rings. The number of fused-ring (bicyclic) bond motifs is 1. The molecule has 0 atom stereocenters. The molecule has 1 aromatic heterocycles. The van der Waals surface area contributed by atoms with Gasteiger partial charge in [0.05, 0.1) is 5.69 Å². The van der Waals surface area contributed by atoms with Crippen LogP contribution in [0, 0.1) is 0 Å². The predicted molar refractivity (Wildman–Crippen MR) is 35.3 cm³/mol. The van der Waals surface area contributed by atoms with Crippen LogP contribution in [0.3, 0.4) is 0 Å². The Bertz CT molecular complexity index is 251. The smallest absolute Gasteiger partial charge is 0.197 e. The SMILES string of the molecule is ON1NNc2cccnc21. The van der Waals surface area contributed by atoms with Crippen molar-refractivity contribution in [2.24, 2.45) is 0 Å². The summed E-state index contributed by atoms with van der Waals surface area (Å²) >= 11 is 0. The molecule has 3 N–H and O–H groups in total. The molecule has 2 rings (SSSR count). The molecule has 0 amide bonds. The fourth-order valence-electron chi connectivity index (χ4n) is 0.829. The van der Waals surface area contributed by atoms with Crippen LogP contribution < -0.4 is 16.1 Å². The predicted octanol–water partition coefficient (Wildman–Crippen LogP) is 0.122. The zero-order valence-corrected chi connectivity index (χ0v) is 5.07. The molecule has 1 aromatic rings. The Morgan fingerprint density at radius 1 is 1.60 bits per heavy atom. The van der Waals surface area contributed by atoms with Crippen molar-refractivity contribution in [1.29, 1.82) is 0 Å². The Balaban J connectivity index is 2.51. The van der Waals surface area contributed by atoms with Gasteiger partial charge in [-0.15, -0.1) is 10.7 Å². The van der Waals surface area contributed by atoms with Crippen LogP contribution in [-0.2, 0) is 0 Å². The molecule has 52 valence electrons. The molecule has 0 saturated carbocycles. The molecule has 10 heavy (non-hydrogen) atoms. The van der Waals surface area contributed by atoms with Crippen molar-refractivity contribution in [2.75, 3.05) is 10.6 Å². The zero-order valence-electron chi connectivity index (χ0n) is 5.07. The van der Waals surface area contributed by atoms with Crippen LogP contribution >= 0.6 is 0 Å². The van der Waals surface area contributed by atoms with E-state index in [1.54, 1.807) is 12.3 Å². The van der Waals surface area contributed by atoms with Crippen LogP contribution in [0.15, 0.2) is 18.3 Å².